The number of aliphatic hydroxyl groups excluding tert-OH is 1. The summed E-state index contributed by atoms with van der Waals surface area (Å²) >= 11 is 0. The van der Waals surface area contributed by atoms with E-state index in [4.69, 9.17) is 0 Å². The predicted molar refractivity (Wildman–Crippen MR) is 117 cm³/mol. The number of anilines is 1. The van der Waals surface area contributed by atoms with Gasteiger partial charge in [-0.05, 0) is 47.0 Å². The highest BCUT2D eigenvalue weighted by molar-refractivity contribution is 6.13. The molecule has 0 saturated carbocycles. The van der Waals surface area contributed by atoms with Crippen molar-refractivity contribution in [1.29, 1.82) is 0 Å². The van der Waals surface area contributed by atoms with Crippen molar-refractivity contribution in [2.45, 2.75) is 13.2 Å². The summed E-state index contributed by atoms with van der Waals surface area (Å²) in [4.78, 5) is 26.6. The Labute approximate surface area is 191 Å². The minimum Gasteiger partial charge on any atom is -0.478 e. The Morgan fingerprint density at radius 3 is 2.47 bits per heavy atom. The highest BCUT2D eigenvalue weighted by atomic mass is 19.2. The van der Waals surface area contributed by atoms with Gasteiger partial charge in [0.25, 0.3) is 5.91 Å². The van der Waals surface area contributed by atoms with Crippen LogP contribution >= 0.6 is 0 Å². The summed E-state index contributed by atoms with van der Waals surface area (Å²) in [5.41, 5.74) is 3.21. The fourth-order valence-electron chi connectivity index (χ4n) is 4.02. The van der Waals surface area contributed by atoms with Crippen molar-refractivity contribution in [3.8, 4) is 22.4 Å². The maximum Gasteiger partial charge on any atom is 0.337 e. The van der Waals surface area contributed by atoms with Gasteiger partial charge in [-0.2, -0.15) is 0 Å². The zero-order valence-electron chi connectivity index (χ0n) is 17.4. The lowest BCUT2D eigenvalue weighted by atomic mass is 10.0. The number of hydrogen-bond acceptors (Lipinski definition) is 5. The molecular weight excluding hydrogens is 446 g/mol. The average Bonchev–Trinajstić information content (AvgIpc) is 3.44. The van der Waals surface area contributed by atoms with Crippen LogP contribution in [0.2, 0.25) is 0 Å². The zero-order chi connectivity index (χ0) is 24.0. The summed E-state index contributed by atoms with van der Waals surface area (Å²) in [6, 6.07) is 12.8. The molecule has 1 aromatic heterocycles. The maximum atomic E-state index is 13.8. The molecule has 0 aliphatic carbocycles. The van der Waals surface area contributed by atoms with Crippen molar-refractivity contribution in [2.24, 2.45) is 0 Å². The number of amides is 1. The molecule has 1 aliphatic rings. The van der Waals surface area contributed by atoms with Gasteiger partial charge in [0.05, 0.1) is 30.1 Å². The summed E-state index contributed by atoms with van der Waals surface area (Å²) in [5, 5.41) is 29.4. The van der Waals surface area contributed by atoms with Crippen molar-refractivity contribution in [3.05, 3.63) is 88.6 Å². The molecule has 170 valence electrons. The number of benzene rings is 3. The molecular formula is C24H16F2N4O4. The van der Waals surface area contributed by atoms with Crippen LogP contribution in [0.3, 0.4) is 0 Å². The fourth-order valence-corrected chi connectivity index (χ4v) is 4.02. The Bertz CT molecular complexity index is 1470. The van der Waals surface area contributed by atoms with E-state index in [1.54, 1.807) is 18.2 Å². The summed E-state index contributed by atoms with van der Waals surface area (Å²) in [7, 11) is 0. The molecule has 3 aromatic carbocycles. The molecule has 0 unspecified atom stereocenters. The standard InChI is InChI=1S/C24H16F2N4O4/c25-18-6-4-12(8-19(18)26)13-3-5-16(24(33)34)21(9-13)30-10-15-2-1-14(7-17(15)23(30)32)22-20(11-31)27-29-28-22/h1-9,31H,10-11H2,(H,33,34)(H,27,28,29). The number of halogens is 2. The van der Waals surface area contributed by atoms with Crippen LogP contribution in [0, 0.1) is 11.6 Å². The van der Waals surface area contributed by atoms with Gasteiger partial charge in [0.1, 0.15) is 5.69 Å². The predicted octanol–water partition coefficient (Wildman–Crippen LogP) is 3.77. The van der Waals surface area contributed by atoms with Crippen molar-refractivity contribution >= 4 is 17.6 Å². The maximum absolute atomic E-state index is 13.8. The third-order valence-electron chi connectivity index (χ3n) is 5.74. The van der Waals surface area contributed by atoms with E-state index >= 15 is 0 Å². The van der Waals surface area contributed by atoms with Crippen molar-refractivity contribution in [3.63, 3.8) is 0 Å². The second-order valence-electron chi connectivity index (χ2n) is 7.73. The molecule has 0 bridgehead atoms. The van der Waals surface area contributed by atoms with Crippen LogP contribution in [0.1, 0.15) is 32.0 Å². The molecule has 0 spiro atoms. The Morgan fingerprint density at radius 1 is 1.00 bits per heavy atom. The normalized spacial score (nSPS) is 12.8. The minimum absolute atomic E-state index is 0.105. The summed E-state index contributed by atoms with van der Waals surface area (Å²) < 4.78 is 27.1. The van der Waals surface area contributed by atoms with E-state index in [2.05, 4.69) is 15.4 Å². The van der Waals surface area contributed by atoms with Crippen LogP contribution in [0.25, 0.3) is 22.4 Å². The quantitative estimate of drug-likeness (QED) is 0.415. The zero-order valence-corrected chi connectivity index (χ0v) is 17.4. The number of hydrogen-bond donors (Lipinski definition) is 3. The first-order chi connectivity index (χ1) is 16.4. The molecule has 1 amide bonds. The van der Waals surface area contributed by atoms with E-state index in [0.29, 0.717) is 39.2 Å². The van der Waals surface area contributed by atoms with E-state index in [0.717, 1.165) is 12.1 Å². The number of carbonyl (C=O) groups is 2. The van der Waals surface area contributed by atoms with Gasteiger partial charge in [0.2, 0.25) is 0 Å². The monoisotopic (exact) mass is 462 g/mol. The van der Waals surface area contributed by atoms with Gasteiger partial charge in [0, 0.05) is 11.1 Å². The number of aromatic amines is 1. The third kappa shape index (κ3) is 3.50. The number of aromatic nitrogens is 3. The molecule has 8 nitrogen and oxygen atoms in total. The van der Waals surface area contributed by atoms with Gasteiger partial charge < -0.3 is 15.1 Å². The number of carboxylic acid groups (broad SMARTS) is 1. The first kappa shape index (κ1) is 21.4. The van der Waals surface area contributed by atoms with Gasteiger partial charge >= 0.3 is 5.97 Å². The molecule has 0 saturated heterocycles. The lowest BCUT2D eigenvalue weighted by molar-refractivity contribution is 0.0697. The molecule has 4 aromatic rings. The highest BCUT2D eigenvalue weighted by Gasteiger charge is 2.32. The Balaban J connectivity index is 1.56. The molecule has 10 heteroatoms. The van der Waals surface area contributed by atoms with Crippen molar-refractivity contribution in [1.82, 2.24) is 15.4 Å². The molecule has 1 aliphatic heterocycles. The van der Waals surface area contributed by atoms with E-state index in [-0.39, 0.29) is 24.4 Å². The molecule has 2 heterocycles. The molecule has 0 radical (unpaired) electrons. The van der Waals surface area contributed by atoms with Crippen LogP contribution in [0.5, 0.6) is 0 Å². The molecule has 34 heavy (non-hydrogen) atoms. The van der Waals surface area contributed by atoms with E-state index in [9.17, 15) is 28.6 Å². The minimum atomic E-state index is -1.23. The van der Waals surface area contributed by atoms with Crippen molar-refractivity contribution in [2.75, 3.05) is 4.90 Å². The van der Waals surface area contributed by atoms with Gasteiger partial charge in [-0.15, -0.1) is 5.10 Å². The smallest absolute Gasteiger partial charge is 0.337 e. The number of aromatic carboxylic acids is 1. The number of carbonyl (C=O) groups excluding carboxylic acids is 1. The number of carboxylic acids is 1. The first-order valence-corrected chi connectivity index (χ1v) is 10.2. The molecule has 0 atom stereocenters. The van der Waals surface area contributed by atoms with Crippen LogP contribution < -0.4 is 4.90 Å². The van der Waals surface area contributed by atoms with E-state index in [1.807, 2.05) is 0 Å². The summed E-state index contributed by atoms with van der Waals surface area (Å²) in [6.07, 6.45) is 0. The Hall–Kier alpha value is -4.44. The Morgan fingerprint density at radius 2 is 1.74 bits per heavy atom. The lowest BCUT2D eigenvalue weighted by Gasteiger charge is -2.19. The SMILES string of the molecule is O=C(O)c1ccc(-c2ccc(F)c(F)c2)cc1N1Cc2ccc(-c3nn[nH]c3CO)cc2C1=O. The third-order valence-corrected chi connectivity index (χ3v) is 5.74. The number of H-pyrrole nitrogens is 1. The van der Waals surface area contributed by atoms with Crippen LogP contribution in [0.15, 0.2) is 54.6 Å². The van der Waals surface area contributed by atoms with Gasteiger partial charge in [-0.25, -0.2) is 13.6 Å². The van der Waals surface area contributed by atoms with E-state index < -0.39 is 23.5 Å². The number of nitrogens with zero attached hydrogens (tertiary/aromatic N) is 3. The van der Waals surface area contributed by atoms with Gasteiger partial charge in [-0.1, -0.05) is 29.5 Å². The topological polar surface area (TPSA) is 119 Å². The highest BCUT2D eigenvalue weighted by Crippen LogP contribution is 2.36. The number of rotatable bonds is 5. The lowest BCUT2D eigenvalue weighted by Crippen LogP contribution is -2.25. The molecule has 5 rings (SSSR count). The van der Waals surface area contributed by atoms with Crippen molar-refractivity contribution < 1.29 is 28.6 Å². The summed E-state index contributed by atoms with van der Waals surface area (Å²) in [5.74, 6) is -3.68. The number of fused-ring (bicyclic) bond motifs is 1. The van der Waals surface area contributed by atoms with E-state index in [1.165, 1.54) is 29.2 Å². The van der Waals surface area contributed by atoms with Gasteiger partial charge in [0.15, 0.2) is 11.6 Å². The largest absolute Gasteiger partial charge is 0.478 e. The summed E-state index contributed by atoms with van der Waals surface area (Å²) in [6.45, 7) is -0.181. The van der Waals surface area contributed by atoms with Crippen LogP contribution in [-0.2, 0) is 13.2 Å². The molecule has 0 fully saturated rings. The van der Waals surface area contributed by atoms with Crippen LogP contribution in [0.4, 0.5) is 14.5 Å². The second kappa shape index (κ2) is 8.16. The Kier molecular flexibility index (Phi) is 5.14. The number of nitrogens with one attached hydrogen (secondary N) is 1. The fraction of sp³-hybridized carbons (Fsp3) is 0.0833. The first-order valence-electron chi connectivity index (χ1n) is 10.2. The second-order valence-corrected chi connectivity index (χ2v) is 7.73. The number of aliphatic hydroxyl groups is 1. The van der Waals surface area contributed by atoms with Gasteiger partial charge in [-0.3, -0.25) is 9.89 Å². The van der Waals surface area contributed by atoms with Crippen LogP contribution in [-0.4, -0.2) is 37.5 Å². The molecule has 3 N–H and O–H groups in total. The average molecular weight is 462 g/mol.